The Kier molecular flexibility index (Phi) is 4.51. The van der Waals surface area contributed by atoms with Crippen molar-refractivity contribution in [3.63, 3.8) is 0 Å². The van der Waals surface area contributed by atoms with Crippen LogP contribution in [0, 0.1) is 13.8 Å². The SMILES string of the molecule is COc1cc(CNc2cc(C)cc(C)c2)cc(OC)c1. The van der Waals surface area contributed by atoms with Gasteiger partial charge in [-0.3, -0.25) is 0 Å². The van der Waals surface area contributed by atoms with E-state index in [2.05, 4.69) is 37.4 Å². The van der Waals surface area contributed by atoms with Crippen LogP contribution < -0.4 is 14.8 Å². The molecule has 3 nitrogen and oxygen atoms in total. The van der Waals surface area contributed by atoms with Crippen LogP contribution in [0.15, 0.2) is 36.4 Å². The van der Waals surface area contributed by atoms with Crippen molar-refractivity contribution in [2.24, 2.45) is 0 Å². The van der Waals surface area contributed by atoms with Crippen LogP contribution in [0.25, 0.3) is 0 Å². The first kappa shape index (κ1) is 14.3. The third-order valence-corrected chi connectivity index (χ3v) is 3.13. The van der Waals surface area contributed by atoms with Gasteiger partial charge in [-0.2, -0.15) is 0 Å². The number of benzene rings is 2. The van der Waals surface area contributed by atoms with Gasteiger partial charge in [0, 0.05) is 18.3 Å². The fraction of sp³-hybridized carbons (Fsp3) is 0.294. The summed E-state index contributed by atoms with van der Waals surface area (Å²) in [6, 6.07) is 12.4. The Labute approximate surface area is 120 Å². The zero-order valence-electron chi connectivity index (χ0n) is 12.5. The lowest BCUT2D eigenvalue weighted by Gasteiger charge is -2.11. The van der Waals surface area contributed by atoms with Crippen molar-refractivity contribution >= 4 is 5.69 Å². The molecule has 2 rings (SSSR count). The second kappa shape index (κ2) is 6.33. The van der Waals surface area contributed by atoms with Gasteiger partial charge in [0.1, 0.15) is 11.5 Å². The lowest BCUT2D eigenvalue weighted by molar-refractivity contribution is 0.393. The maximum Gasteiger partial charge on any atom is 0.122 e. The number of hydrogen-bond acceptors (Lipinski definition) is 3. The highest BCUT2D eigenvalue weighted by molar-refractivity contribution is 5.49. The van der Waals surface area contributed by atoms with E-state index in [4.69, 9.17) is 9.47 Å². The molecule has 0 aliphatic rings. The molecule has 0 unspecified atom stereocenters. The van der Waals surface area contributed by atoms with Gasteiger partial charge in [-0.25, -0.2) is 0 Å². The average Bonchev–Trinajstić information content (AvgIpc) is 2.43. The van der Waals surface area contributed by atoms with Crippen LogP contribution in [0.2, 0.25) is 0 Å². The summed E-state index contributed by atoms with van der Waals surface area (Å²) in [5, 5.41) is 3.43. The van der Waals surface area contributed by atoms with Gasteiger partial charge in [-0.1, -0.05) is 6.07 Å². The van der Waals surface area contributed by atoms with Gasteiger partial charge in [0.05, 0.1) is 14.2 Å². The zero-order chi connectivity index (χ0) is 14.5. The molecular formula is C17H21NO2. The zero-order valence-corrected chi connectivity index (χ0v) is 12.5. The highest BCUT2D eigenvalue weighted by atomic mass is 16.5. The summed E-state index contributed by atoms with van der Waals surface area (Å²) >= 11 is 0. The quantitative estimate of drug-likeness (QED) is 0.893. The van der Waals surface area contributed by atoms with E-state index in [0.29, 0.717) is 0 Å². The molecule has 1 N–H and O–H groups in total. The Morgan fingerprint density at radius 1 is 0.800 bits per heavy atom. The minimum Gasteiger partial charge on any atom is -0.497 e. The standard InChI is InChI=1S/C17H21NO2/c1-12-5-13(2)7-15(6-12)18-11-14-8-16(19-3)10-17(9-14)20-4/h5-10,18H,11H2,1-4H3. The van der Waals surface area contributed by atoms with Gasteiger partial charge in [0.25, 0.3) is 0 Å². The Morgan fingerprint density at radius 2 is 1.35 bits per heavy atom. The molecule has 0 aromatic heterocycles. The Morgan fingerprint density at radius 3 is 1.85 bits per heavy atom. The first-order valence-corrected chi connectivity index (χ1v) is 6.65. The van der Waals surface area contributed by atoms with E-state index in [1.54, 1.807) is 14.2 Å². The van der Waals surface area contributed by atoms with Crippen molar-refractivity contribution in [2.75, 3.05) is 19.5 Å². The van der Waals surface area contributed by atoms with Crippen molar-refractivity contribution in [3.05, 3.63) is 53.1 Å². The number of ether oxygens (including phenoxy) is 2. The molecule has 0 amide bonds. The molecule has 0 radical (unpaired) electrons. The average molecular weight is 271 g/mol. The minimum atomic E-state index is 0.733. The van der Waals surface area contributed by atoms with E-state index >= 15 is 0 Å². The predicted octanol–water partition coefficient (Wildman–Crippen LogP) is 3.93. The van der Waals surface area contributed by atoms with E-state index in [-0.39, 0.29) is 0 Å². The van der Waals surface area contributed by atoms with E-state index in [1.807, 2.05) is 18.2 Å². The minimum absolute atomic E-state index is 0.733. The maximum atomic E-state index is 5.28. The molecule has 0 saturated carbocycles. The van der Waals surface area contributed by atoms with Gasteiger partial charge in [-0.15, -0.1) is 0 Å². The number of anilines is 1. The summed E-state index contributed by atoms with van der Waals surface area (Å²) in [6.45, 7) is 4.94. The van der Waals surface area contributed by atoms with Crippen molar-refractivity contribution in [1.82, 2.24) is 0 Å². The second-order valence-corrected chi connectivity index (χ2v) is 4.95. The summed E-state index contributed by atoms with van der Waals surface area (Å²) in [5.41, 5.74) is 4.77. The molecule has 0 saturated heterocycles. The molecule has 2 aromatic carbocycles. The van der Waals surface area contributed by atoms with Crippen LogP contribution in [0.3, 0.4) is 0 Å². The first-order chi connectivity index (χ1) is 9.60. The predicted molar refractivity (Wildman–Crippen MR) is 82.8 cm³/mol. The monoisotopic (exact) mass is 271 g/mol. The van der Waals surface area contributed by atoms with Crippen molar-refractivity contribution in [2.45, 2.75) is 20.4 Å². The molecule has 2 aromatic rings. The first-order valence-electron chi connectivity index (χ1n) is 6.65. The molecule has 0 bridgehead atoms. The van der Waals surface area contributed by atoms with Crippen LogP contribution >= 0.6 is 0 Å². The number of hydrogen-bond donors (Lipinski definition) is 1. The van der Waals surface area contributed by atoms with Gasteiger partial charge in [0.2, 0.25) is 0 Å². The van der Waals surface area contributed by atoms with Crippen LogP contribution in [0.1, 0.15) is 16.7 Å². The van der Waals surface area contributed by atoms with Gasteiger partial charge < -0.3 is 14.8 Å². The molecule has 0 spiro atoms. The maximum absolute atomic E-state index is 5.28. The summed E-state index contributed by atoms with van der Waals surface area (Å²) < 4.78 is 10.6. The summed E-state index contributed by atoms with van der Waals surface area (Å²) in [6.07, 6.45) is 0. The fourth-order valence-corrected chi connectivity index (χ4v) is 2.25. The third-order valence-electron chi connectivity index (χ3n) is 3.13. The van der Waals surface area contributed by atoms with Crippen LogP contribution in [-0.4, -0.2) is 14.2 Å². The molecule has 20 heavy (non-hydrogen) atoms. The van der Waals surface area contributed by atoms with Crippen molar-refractivity contribution in [1.29, 1.82) is 0 Å². The van der Waals surface area contributed by atoms with Crippen LogP contribution in [0.5, 0.6) is 11.5 Å². The number of nitrogens with one attached hydrogen (secondary N) is 1. The molecule has 106 valence electrons. The lowest BCUT2D eigenvalue weighted by atomic mass is 10.1. The smallest absolute Gasteiger partial charge is 0.122 e. The van der Waals surface area contributed by atoms with E-state index in [0.717, 1.165) is 29.3 Å². The number of rotatable bonds is 5. The molecule has 0 aliphatic heterocycles. The number of aryl methyl sites for hydroxylation is 2. The van der Waals surface area contributed by atoms with Gasteiger partial charge >= 0.3 is 0 Å². The third kappa shape index (κ3) is 3.67. The molecular weight excluding hydrogens is 250 g/mol. The van der Waals surface area contributed by atoms with Crippen molar-refractivity contribution < 1.29 is 9.47 Å². The molecule has 0 heterocycles. The molecule has 0 aliphatic carbocycles. The summed E-state index contributed by atoms with van der Waals surface area (Å²) in [7, 11) is 3.33. The Hall–Kier alpha value is -2.16. The topological polar surface area (TPSA) is 30.5 Å². The van der Waals surface area contributed by atoms with E-state index in [9.17, 15) is 0 Å². The fourth-order valence-electron chi connectivity index (χ4n) is 2.25. The van der Waals surface area contributed by atoms with E-state index < -0.39 is 0 Å². The van der Waals surface area contributed by atoms with Gasteiger partial charge in [-0.05, 0) is 54.8 Å². The Balaban J connectivity index is 2.13. The largest absolute Gasteiger partial charge is 0.497 e. The van der Waals surface area contributed by atoms with Crippen LogP contribution in [-0.2, 0) is 6.54 Å². The van der Waals surface area contributed by atoms with Gasteiger partial charge in [0.15, 0.2) is 0 Å². The normalized spacial score (nSPS) is 10.2. The number of methoxy groups -OCH3 is 2. The second-order valence-electron chi connectivity index (χ2n) is 4.95. The molecule has 0 fully saturated rings. The summed E-state index contributed by atoms with van der Waals surface area (Å²) in [4.78, 5) is 0. The Bertz CT molecular complexity index is 551. The van der Waals surface area contributed by atoms with Crippen molar-refractivity contribution in [3.8, 4) is 11.5 Å². The van der Waals surface area contributed by atoms with E-state index in [1.165, 1.54) is 11.1 Å². The summed E-state index contributed by atoms with van der Waals surface area (Å²) in [5.74, 6) is 1.61. The molecule has 3 heteroatoms. The van der Waals surface area contributed by atoms with Crippen LogP contribution in [0.4, 0.5) is 5.69 Å². The molecule has 0 atom stereocenters. The lowest BCUT2D eigenvalue weighted by Crippen LogP contribution is -2.01. The highest BCUT2D eigenvalue weighted by Crippen LogP contribution is 2.23. The highest BCUT2D eigenvalue weighted by Gasteiger charge is 2.02.